The van der Waals surface area contributed by atoms with Crippen LogP contribution in [0.3, 0.4) is 0 Å². The first-order chi connectivity index (χ1) is 52.9. The van der Waals surface area contributed by atoms with Crippen molar-refractivity contribution in [2.75, 3.05) is 21.3 Å². The zero-order valence-corrected chi connectivity index (χ0v) is 61.2. The Hall–Kier alpha value is -12.3. The van der Waals surface area contributed by atoms with Crippen molar-refractivity contribution >= 4 is 54.9 Å². The van der Waals surface area contributed by atoms with Crippen LogP contribution in [0.25, 0.3) is 98.1 Å². The molecule has 13 aromatic rings. The van der Waals surface area contributed by atoms with E-state index in [0.29, 0.717) is 43.7 Å². The number of rotatable bonds is 11. The van der Waals surface area contributed by atoms with E-state index in [0.717, 1.165) is 116 Å². The van der Waals surface area contributed by atoms with Gasteiger partial charge in [-0.3, -0.25) is 0 Å². The van der Waals surface area contributed by atoms with Crippen molar-refractivity contribution in [1.82, 2.24) is 0 Å². The molecule has 0 saturated heterocycles. The van der Waals surface area contributed by atoms with E-state index in [-0.39, 0.29) is 11.1 Å². The molecule has 1 saturated carbocycles. The highest BCUT2D eigenvalue weighted by molar-refractivity contribution is 8.14. The molecule has 11 heteroatoms. The quantitative estimate of drug-likeness (QED) is 0.0731. The maximum absolute atomic E-state index is 16.4. The second kappa shape index (κ2) is 27.5. The van der Waals surface area contributed by atoms with Gasteiger partial charge < -0.3 is 14.2 Å². The Balaban J connectivity index is 0.767. The van der Waals surface area contributed by atoms with E-state index in [4.69, 9.17) is 14.2 Å². The number of methoxy groups -OCH3 is 3. The molecule has 0 spiro atoms. The van der Waals surface area contributed by atoms with Gasteiger partial charge in [-0.15, -0.1) is 23.5 Å². The standard InChI is InChI=1S/C98H64F6O3S2/c1-94-82(92-93(97(101,102)98(103,104)96(92,99)100)83-60-85(109-95(83,94)2)66-50-52-73(105-3)53-51-66)59-84(108-94)65-44-36-61(37-45-65)34-35-62-38-46-71(47-39-62)90-88(69-26-14-8-15-27-69)86(67-22-10-6-11-23-67)87(68-24-12-7-13-25-68)89(70-28-16-9-17-29-70)91(90)72-48-40-63(41-49-72)42-54-80-76-30-18-20-32-78(76)81(79-33-21-19-31-77(79)80)55-43-64-56-74(106-4)58-75(57-64)107-5/h6-33,36-41,44-53,56-60H,1-5H3/t94-,95-/m1/s1. The smallest absolute Gasteiger partial charge is 0.380 e. The lowest BCUT2D eigenvalue weighted by Gasteiger charge is -2.47. The molecule has 0 bridgehead atoms. The van der Waals surface area contributed by atoms with E-state index in [9.17, 15) is 0 Å². The summed E-state index contributed by atoms with van der Waals surface area (Å²) < 4.78 is 110. The van der Waals surface area contributed by atoms with E-state index in [1.165, 1.54) is 42.8 Å². The van der Waals surface area contributed by atoms with E-state index in [2.05, 4.69) is 193 Å². The van der Waals surface area contributed by atoms with Crippen LogP contribution in [0.1, 0.15) is 58.4 Å². The van der Waals surface area contributed by atoms with E-state index >= 15 is 26.3 Å². The number of alkyl halides is 6. The molecule has 2 aliphatic heterocycles. The Morgan fingerprint density at radius 1 is 0.275 bits per heavy atom. The van der Waals surface area contributed by atoms with Gasteiger partial charge in [0.05, 0.1) is 30.8 Å². The molecule has 0 radical (unpaired) electrons. The second-order valence-corrected chi connectivity index (χ2v) is 30.4. The first kappa shape index (κ1) is 69.7. The maximum Gasteiger partial charge on any atom is 0.380 e. The highest BCUT2D eigenvalue weighted by atomic mass is 32.2. The average molecular weight is 1470 g/mol. The van der Waals surface area contributed by atoms with Crippen molar-refractivity contribution in [3.63, 3.8) is 0 Å². The van der Waals surface area contributed by atoms with Crippen LogP contribution in [0, 0.1) is 35.5 Å². The van der Waals surface area contributed by atoms with Gasteiger partial charge in [0.15, 0.2) is 0 Å². The molecule has 528 valence electrons. The highest BCUT2D eigenvalue weighted by Crippen LogP contribution is 2.75. The molecule has 109 heavy (non-hydrogen) atoms. The van der Waals surface area contributed by atoms with E-state index < -0.39 is 38.4 Å². The van der Waals surface area contributed by atoms with Crippen molar-refractivity contribution in [2.45, 2.75) is 41.1 Å². The molecular weight excluding hydrogens is 1400 g/mol. The van der Waals surface area contributed by atoms with Gasteiger partial charge in [-0.25, -0.2) is 0 Å². The Labute approximate surface area is 637 Å². The molecule has 0 aromatic heterocycles. The van der Waals surface area contributed by atoms with Crippen LogP contribution in [0.15, 0.2) is 320 Å². The van der Waals surface area contributed by atoms with Crippen molar-refractivity contribution in [3.05, 3.63) is 364 Å². The van der Waals surface area contributed by atoms with Gasteiger partial charge in [0.25, 0.3) is 0 Å². The van der Waals surface area contributed by atoms with Gasteiger partial charge in [0.1, 0.15) is 17.2 Å². The zero-order valence-electron chi connectivity index (χ0n) is 59.6. The SMILES string of the molecule is COc1ccc(C2=CC3=C4C(=C5C=C(c6ccc(C#Cc7ccc(-c8c(-c9ccccc9)c(-c9ccccc9)c(-c9ccccc9)c(-c9ccccc9)c8-c8ccc(C#Cc9c%10ccccc%10c(C#Cc%10cc(OC)cc(OC)c%10)c%10ccccc9%10)cc8)cc7)cc6)S[C@@]5(C)[C@]3(C)S2)C(F)(F)C(F)(F)C4(F)F)cc1. The van der Waals surface area contributed by atoms with Crippen LogP contribution >= 0.6 is 23.5 Å². The lowest BCUT2D eigenvalue weighted by atomic mass is 9.71. The summed E-state index contributed by atoms with van der Waals surface area (Å²) in [6, 6.07) is 95.6. The van der Waals surface area contributed by atoms with E-state index in [1.807, 2.05) is 91.0 Å². The van der Waals surface area contributed by atoms with Gasteiger partial charge in [0.2, 0.25) is 0 Å². The van der Waals surface area contributed by atoms with Crippen molar-refractivity contribution < 1.29 is 40.6 Å². The molecule has 0 N–H and O–H groups in total. The first-order valence-electron chi connectivity index (χ1n) is 35.5. The van der Waals surface area contributed by atoms with Crippen molar-refractivity contribution in [3.8, 4) is 120 Å². The minimum absolute atomic E-state index is 0.230. The topological polar surface area (TPSA) is 27.7 Å². The van der Waals surface area contributed by atoms with Gasteiger partial charge in [-0.2, -0.15) is 26.3 Å². The fourth-order valence-corrected chi connectivity index (χ4v) is 18.8. The fourth-order valence-electron chi connectivity index (χ4n) is 15.7. The zero-order chi connectivity index (χ0) is 75.0. The molecular formula is C98H64F6O3S2. The molecule has 13 aromatic carbocycles. The van der Waals surface area contributed by atoms with Crippen LogP contribution in [0.4, 0.5) is 26.3 Å². The van der Waals surface area contributed by atoms with Crippen LogP contribution in [-0.2, 0) is 0 Å². The highest BCUT2D eigenvalue weighted by Gasteiger charge is 2.84. The normalized spacial score (nSPS) is 17.5. The Morgan fingerprint density at radius 2 is 0.541 bits per heavy atom. The largest absolute Gasteiger partial charge is 0.497 e. The molecule has 1 fully saturated rings. The van der Waals surface area contributed by atoms with Gasteiger partial charge in [0, 0.05) is 60.4 Å². The molecule has 0 unspecified atom stereocenters. The lowest BCUT2D eigenvalue weighted by molar-refractivity contribution is -0.258. The van der Waals surface area contributed by atoms with Crippen LogP contribution in [0.2, 0.25) is 0 Å². The van der Waals surface area contributed by atoms with Gasteiger partial charge >= 0.3 is 17.8 Å². The van der Waals surface area contributed by atoms with Gasteiger partial charge in [-0.05, 0) is 197 Å². The molecule has 4 aliphatic rings. The lowest BCUT2D eigenvalue weighted by Crippen LogP contribution is -2.48. The number of hydrogen-bond acceptors (Lipinski definition) is 5. The predicted octanol–water partition coefficient (Wildman–Crippen LogP) is 25.1. The van der Waals surface area contributed by atoms with Gasteiger partial charge in [-0.1, -0.05) is 254 Å². The van der Waals surface area contributed by atoms with Crippen LogP contribution < -0.4 is 14.2 Å². The third-order valence-corrected chi connectivity index (χ3v) is 24.6. The monoisotopic (exact) mass is 1470 g/mol. The average Bonchev–Trinajstić information content (AvgIpc) is 1.49. The molecule has 2 aliphatic carbocycles. The molecule has 2 atom stereocenters. The summed E-state index contributed by atoms with van der Waals surface area (Å²) >= 11 is 2.43. The molecule has 0 amide bonds. The van der Waals surface area contributed by atoms with Crippen molar-refractivity contribution in [2.24, 2.45) is 0 Å². The van der Waals surface area contributed by atoms with E-state index in [1.54, 1.807) is 64.5 Å². The summed E-state index contributed by atoms with van der Waals surface area (Å²) in [6.45, 7) is 3.39. The second-order valence-electron chi connectivity index (χ2n) is 27.5. The molecule has 17 rings (SSSR count). The Bertz CT molecular complexity index is 6120. The Kier molecular flexibility index (Phi) is 17.6. The Morgan fingerprint density at radius 3 is 0.853 bits per heavy atom. The number of thioether (sulfide) groups is 2. The summed E-state index contributed by atoms with van der Waals surface area (Å²) in [6.07, 6.45) is 2.80. The third-order valence-electron chi connectivity index (χ3n) is 21.3. The minimum atomic E-state index is -5.68. The third kappa shape index (κ3) is 11.7. The minimum Gasteiger partial charge on any atom is -0.497 e. The van der Waals surface area contributed by atoms with Crippen LogP contribution in [-0.4, -0.2) is 48.6 Å². The number of halogens is 6. The summed E-state index contributed by atoms with van der Waals surface area (Å²) in [5, 5.41) is 3.95. The maximum atomic E-state index is 16.4. The molecule has 3 nitrogen and oxygen atoms in total. The summed E-state index contributed by atoms with van der Waals surface area (Å²) in [4.78, 5) is 0.973. The molecule has 2 heterocycles. The number of hydrogen-bond donors (Lipinski definition) is 0. The number of fused-ring (bicyclic) bond motifs is 6. The summed E-state index contributed by atoms with van der Waals surface area (Å²) in [5.74, 6) is 6.81. The fraction of sp³-hybridized carbons (Fsp3) is 0.102. The number of allylic oxidation sites excluding steroid dienone is 4. The number of benzene rings is 13. The van der Waals surface area contributed by atoms with Crippen LogP contribution in [0.5, 0.6) is 17.2 Å². The summed E-state index contributed by atoms with van der Waals surface area (Å²) in [5.41, 5.74) is 15.2. The first-order valence-corrected chi connectivity index (χ1v) is 37.1. The summed E-state index contributed by atoms with van der Waals surface area (Å²) in [7, 11) is 4.77. The predicted molar refractivity (Wildman–Crippen MR) is 434 cm³/mol. The number of ether oxygens (including phenoxy) is 3. The van der Waals surface area contributed by atoms with Crippen molar-refractivity contribution in [1.29, 1.82) is 0 Å².